The lowest BCUT2D eigenvalue weighted by atomic mass is 10.0. The van der Waals surface area contributed by atoms with Crippen LogP contribution in [0, 0.1) is 5.92 Å². The van der Waals surface area contributed by atoms with Crippen molar-refractivity contribution >= 4 is 57.5 Å². The van der Waals surface area contributed by atoms with Crippen LogP contribution < -0.4 is 25.4 Å². The van der Waals surface area contributed by atoms with Crippen molar-refractivity contribution in [3.63, 3.8) is 0 Å². The number of thiazole rings is 1. The van der Waals surface area contributed by atoms with Crippen molar-refractivity contribution in [3.8, 4) is 11.5 Å². The molecule has 25 heteroatoms. The number of hydrogen-bond donors (Lipinski definition) is 3. The van der Waals surface area contributed by atoms with E-state index in [4.69, 9.17) is 35.3 Å². The van der Waals surface area contributed by atoms with Gasteiger partial charge in [0.15, 0.2) is 11.2 Å². The molecule has 5 amide bonds. The molecule has 3 aromatic heterocycles. The van der Waals surface area contributed by atoms with E-state index in [1.54, 1.807) is 83.0 Å². The number of urea groups is 1. The third kappa shape index (κ3) is 23.1. The second-order valence-electron chi connectivity index (χ2n) is 22.0. The maximum Gasteiger partial charge on any atom is 0.325 e. The zero-order chi connectivity index (χ0) is 61.9. The molecule has 88 heavy (non-hydrogen) atoms. The molecule has 1 saturated carbocycles. The van der Waals surface area contributed by atoms with E-state index in [1.165, 1.54) is 16.2 Å². The van der Waals surface area contributed by atoms with Gasteiger partial charge in [-0.15, -0.1) is 16.4 Å². The minimum atomic E-state index is -2.81. The summed E-state index contributed by atoms with van der Waals surface area (Å²) in [5.74, 6) is -2.62. The minimum absolute atomic E-state index is 0.0146. The number of nitrogens with one attached hydrogen (secondary N) is 3. The Balaban J connectivity index is 0.618. The maximum atomic E-state index is 14.4. The Kier molecular flexibility index (Phi) is 26.6. The van der Waals surface area contributed by atoms with Crippen molar-refractivity contribution in [2.45, 2.75) is 82.8 Å². The predicted octanol–water partition coefficient (Wildman–Crippen LogP) is 8.46. The van der Waals surface area contributed by atoms with E-state index < -0.39 is 29.8 Å². The van der Waals surface area contributed by atoms with Gasteiger partial charge in [-0.3, -0.25) is 24.7 Å². The van der Waals surface area contributed by atoms with Gasteiger partial charge in [-0.25, -0.2) is 23.2 Å². The molecule has 4 heterocycles. The molecule has 1 aliphatic carbocycles. The summed E-state index contributed by atoms with van der Waals surface area (Å²) >= 11 is 7.34. The van der Waals surface area contributed by atoms with E-state index >= 15 is 0 Å². The monoisotopic (exact) mass is 1250 g/mol. The Morgan fingerprint density at radius 1 is 0.784 bits per heavy atom. The van der Waals surface area contributed by atoms with Crippen LogP contribution >= 0.6 is 22.9 Å². The summed E-state index contributed by atoms with van der Waals surface area (Å²) in [4.78, 5) is 70.0. The van der Waals surface area contributed by atoms with Crippen LogP contribution in [-0.2, 0) is 60.9 Å². The zero-order valence-electron chi connectivity index (χ0n) is 50.2. The molecule has 1 saturated heterocycles. The number of aryl methyl sites for hydroxylation is 1. The number of anilines is 2. The highest BCUT2D eigenvalue weighted by Gasteiger charge is 2.42. The van der Waals surface area contributed by atoms with Crippen molar-refractivity contribution in [2.24, 2.45) is 5.92 Å². The normalized spacial score (nSPS) is 15.2. The average Bonchev–Trinajstić information content (AvgIpc) is 4.42. The average molecular weight is 1260 g/mol. The van der Waals surface area contributed by atoms with Crippen molar-refractivity contribution < 1.29 is 51.6 Å². The van der Waals surface area contributed by atoms with E-state index in [2.05, 4.69) is 53.1 Å². The molecular weight excluding hydrogens is 1170 g/mol. The highest BCUT2D eigenvalue weighted by Crippen LogP contribution is 2.40. The second-order valence-corrected chi connectivity index (χ2v) is 23.3. The van der Waals surface area contributed by atoms with Gasteiger partial charge in [-0.2, -0.15) is 0 Å². The summed E-state index contributed by atoms with van der Waals surface area (Å²) < 4.78 is 59.7. The first kappa shape index (κ1) is 66.8. The predicted molar refractivity (Wildman–Crippen MR) is 332 cm³/mol. The number of alkyl halides is 2. The van der Waals surface area contributed by atoms with Gasteiger partial charge in [-0.05, 0) is 124 Å². The summed E-state index contributed by atoms with van der Waals surface area (Å²) in [5, 5.41) is 19.7. The van der Waals surface area contributed by atoms with Gasteiger partial charge in [0.05, 0.1) is 76.3 Å². The number of halogens is 3. The summed E-state index contributed by atoms with van der Waals surface area (Å²) in [6.45, 7) is 9.34. The fourth-order valence-corrected chi connectivity index (χ4v) is 10.9. The summed E-state index contributed by atoms with van der Waals surface area (Å²) in [6.07, 6.45) is 6.22. The number of rotatable bonds is 36. The Bertz CT molecular complexity index is 3070. The van der Waals surface area contributed by atoms with E-state index in [0.717, 1.165) is 61.6 Å². The first-order valence-corrected chi connectivity index (χ1v) is 31.3. The van der Waals surface area contributed by atoms with E-state index in [-0.39, 0.29) is 57.0 Å². The topological polar surface area (TPSA) is 220 Å². The zero-order valence-corrected chi connectivity index (χ0v) is 51.7. The number of ether oxygens (including phenoxy) is 5. The maximum absolute atomic E-state index is 14.4. The van der Waals surface area contributed by atoms with E-state index in [0.29, 0.717) is 118 Å². The standard InChI is InChI=1S/C63H81ClF2N12O9S/c1-74(26-5-6-33-86-54-17-10-47(11-18-54)12-21-57(79)78(44-49-22-24-63(65,66)42-49)59(56-7-3-4-25-67-56)60(81)68-43-48-8-13-50(64)14-9-48)31-35-84-38-37-83-34-23-52-45-77(73-72-52)32-36-85-39-40-87-55-19-15-51(16-20-55)69-61(82)71-62-70-53(46-88-62)41-58(80)76-29-27-75(2)28-30-76/h3-4,7-11,13-20,25,45-46,49,59H,5-6,12,21-24,26-44H2,1-2H3,(H,68,81)(H2,69,70,71,82). The summed E-state index contributed by atoms with van der Waals surface area (Å²) in [5.41, 5.74) is 4.14. The van der Waals surface area contributed by atoms with Crippen molar-refractivity contribution in [1.82, 2.24) is 49.9 Å². The number of amides is 5. The smallest absolute Gasteiger partial charge is 0.325 e. The largest absolute Gasteiger partial charge is 0.494 e. The SMILES string of the molecule is CN(CCCCOc1ccc(CCC(=O)N(CC2CCC(F)(F)C2)C(C(=O)NCc2ccc(Cl)cc2)c2ccccn2)cc1)CCOCCOCCc1cn(CCOCCOc2ccc(NC(=O)Nc3nc(CC(=O)N4CCN(C)CC4)cs3)cc2)nn1. The lowest BCUT2D eigenvalue weighted by Gasteiger charge is -2.33. The lowest BCUT2D eigenvalue weighted by molar-refractivity contribution is -0.142. The molecule has 2 aliphatic rings. The van der Waals surface area contributed by atoms with Gasteiger partial charge < -0.3 is 53.9 Å². The van der Waals surface area contributed by atoms with Crippen molar-refractivity contribution in [1.29, 1.82) is 0 Å². The number of benzene rings is 3. The van der Waals surface area contributed by atoms with Crippen LogP contribution in [0.5, 0.6) is 11.5 Å². The molecule has 2 unspecified atom stereocenters. The molecule has 3 aromatic carbocycles. The Labute approximate surface area is 522 Å². The van der Waals surface area contributed by atoms with Crippen LogP contribution in [0.15, 0.2) is 109 Å². The van der Waals surface area contributed by atoms with E-state index in [1.807, 2.05) is 42.4 Å². The number of carbonyl (C=O) groups is 4. The number of carbonyl (C=O) groups excluding carboxylic acids is 4. The molecule has 2 fully saturated rings. The van der Waals surface area contributed by atoms with Crippen LogP contribution in [-0.4, -0.2) is 187 Å². The van der Waals surface area contributed by atoms with Crippen LogP contribution in [0.25, 0.3) is 0 Å². The minimum Gasteiger partial charge on any atom is -0.494 e. The Hall–Kier alpha value is -7.19. The fourth-order valence-electron chi connectivity index (χ4n) is 10.0. The molecule has 2 atom stereocenters. The van der Waals surface area contributed by atoms with Gasteiger partial charge in [0.1, 0.15) is 18.1 Å². The lowest BCUT2D eigenvalue weighted by Crippen LogP contribution is -2.47. The first-order valence-electron chi connectivity index (χ1n) is 30.0. The second kappa shape index (κ2) is 35.1. The Morgan fingerprint density at radius 3 is 2.24 bits per heavy atom. The third-order valence-electron chi connectivity index (χ3n) is 15.1. The number of likely N-dealkylation sites (N-methyl/N-ethyl adjacent to an activating group) is 2. The molecule has 0 bridgehead atoms. The number of aromatic nitrogens is 5. The number of piperazine rings is 1. The van der Waals surface area contributed by atoms with Gasteiger partial charge in [0, 0.05) is 100.0 Å². The van der Waals surface area contributed by atoms with Crippen LogP contribution in [0.4, 0.5) is 24.4 Å². The summed E-state index contributed by atoms with van der Waals surface area (Å²) in [6, 6.07) is 25.3. The van der Waals surface area contributed by atoms with Crippen molar-refractivity contribution in [2.75, 3.05) is 123 Å². The molecule has 1 aliphatic heterocycles. The fraction of sp³-hybridized carbons (Fsp3) is 0.492. The molecule has 6 aromatic rings. The molecule has 474 valence electrons. The number of nitrogens with zero attached hydrogens (tertiary/aromatic N) is 9. The Morgan fingerprint density at radius 2 is 1.50 bits per heavy atom. The molecule has 0 radical (unpaired) electrons. The van der Waals surface area contributed by atoms with Crippen molar-refractivity contribution in [3.05, 3.63) is 142 Å². The van der Waals surface area contributed by atoms with E-state index in [9.17, 15) is 28.0 Å². The molecule has 8 rings (SSSR count). The molecular formula is C63H81ClF2N12O9S. The number of hydrogen-bond acceptors (Lipinski definition) is 16. The van der Waals surface area contributed by atoms with Crippen LogP contribution in [0.3, 0.4) is 0 Å². The van der Waals surface area contributed by atoms with Gasteiger partial charge in [0.25, 0.3) is 0 Å². The third-order valence-corrected chi connectivity index (χ3v) is 16.1. The van der Waals surface area contributed by atoms with Gasteiger partial charge in [-0.1, -0.05) is 47.1 Å². The van der Waals surface area contributed by atoms with Gasteiger partial charge in [0.2, 0.25) is 23.6 Å². The number of pyridine rings is 1. The molecule has 21 nitrogen and oxygen atoms in total. The highest BCUT2D eigenvalue weighted by atomic mass is 35.5. The number of unbranched alkanes of at least 4 members (excludes halogenated alkanes) is 1. The molecule has 0 spiro atoms. The van der Waals surface area contributed by atoms with Crippen LogP contribution in [0.1, 0.15) is 72.8 Å². The first-order chi connectivity index (χ1) is 42.7. The summed E-state index contributed by atoms with van der Waals surface area (Å²) in [7, 11) is 4.11. The quantitative estimate of drug-likeness (QED) is 0.0314. The van der Waals surface area contributed by atoms with Crippen LogP contribution in [0.2, 0.25) is 5.02 Å². The highest BCUT2D eigenvalue weighted by molar-refractivity contribution is 7.14. The van der Waals surface area contributed by atoms with Gasteiger partial charge >= 0.3 is 6.03 Å². The molecule has 3 N–H and O–H groups in total.